The molecule has 1 aromatic heterocycles. The SMILES string of the molecule is Nc1cc2cccc(F)c2c(I)n1. The van der Waals surface area contributed by atoms with Gasteiger partial charge in [0, 0.05) is 5.39 Å². The van der Waals surface area contributed by atoms with E-state index in [-0.39, 0.29) is 5.82 Å². The summed E-state index contributed by atoms with van der Waals surface area (Å²) in [6.45, 7) is 0. The molecule has 1 aromatic carbocycles. The predicted molar refractivity (Wildman–Crippen MR) is 58.8 cm³/mol. The molecule has 13 heavy (non-hydrogen) atoms. The summed E-state index contributed by atoms with van der Waals surface area (Å²) in [6, 6.07) is 6.56. The second-order valence-electron chi connectivity index (χ2n) is 2.68. The van der Waals surface area contributed by atoms with Crippen molar-refractivity contribution in [2.75, 3.05) is 5.73 Å². The largest absolute Gasteiger partial charge is 0.384 e. The molecule has 0 aliphatic heterocycles. The van der Waals surface area contributed by atoms with E-state index >= 15 is 0 Å². The van der Waals surface area contributed by atoms with Gasteiger partial charge in [-0.05, 0) is 40.1 Å². The molecule has 0 saturated heterocycles. The standard InChI is InChI=1S/C9H6FIN2/c10-6-3-1-2-5-4-7(12)13-9(11)8(5)6/h1-4H,(H2,12,13). The van der Waals surface area contributed by atoms with Crippen LogP contribution in [0.5, 0.6) is 0 Å². The Kier molecular flexibility index (Phi) is 2.07. The first-order valence-corrected chi connectivity index (χ1v) is 4.76. The quantitative estimate of drug-likeness (QED) is 0.597. The van der Waals surface area contributed by atoms with Crippen LogP contribution in [0.25, 0.3) is 10.8 Å². The van der Waals surface area contributed by atoms with Crippen LogP contribution in [0.4, 0.5) is 10.2 Å². The average Bonchev–Trinajstić information content (AvgIpc) is 2.02. The van der Waals surface area contributed by atoms with Crippen molar-refractivity contribution < 1.29 is 4.39 Å². The van der Waals surface area contributed by atoms with E-state index in [0.29, 0.717) is 14.9 Å². The van der Waals surface area contributed by atoms with E-state index in [9.17, 15) is 4.39 Å². The maximum atomic E-state index is 13.3. The fourth-order valence-electron chi connectivity index (χ4n) is 1.24. The van der Waals surface area contributed by atoms with Gasteiger partial charge in [-0.25, -0.2) is 9.37 Å². The van der Waals surface area contributed by atoms with Crippen LogP contribution in [0, 0.1) is 9.52 Å². The Labute approximate surface area is 88.1 Å². The van der Waals surface area contributed by atoms with E-state index in [1.54, 1.807) is 12.1 Å². The molecule has 0 bridgehead atoms. The van der Waals surface area contributed by atoms with Crippen LogP contribution in [0.2, 0.25) is 0 Å². The molecule has 2 aromatic rings. The van der Waals surface area contributed by atoms with Gasteiger partial charge in [0.2, 0.25) is 0 Å². The molecule has 0 amide bonds. The number of benzene rings is 1. The molecule has 0 radical (unpaired) electrons. The minimum Gasteiger partial charge on any atom is -0.384 e. The lowest BCUT2D eigenvalue weighted by molar-refractivity contribution is 0.639. The van der Waals surface area contributed by atoms with E-state index in [1.165, 1.54) is 6.07 Å². The number of rotatable bonds is 0. The second-order valence-corrected chi connectivity index (χ2v) is 3.70. The number of fused-ring (bicyclic) bond motifs is 1. The van der Waals surface area contributed by atoms with Crippen LogP contribution in [-0.2, 0) is 0 Å². The van der Waals surface area contributed by atoms with Gasteiger partial charge in [0.25, 0.3) is 0 Å². The van der Waals surface area contributed by atoms with Crippen molar-refractivity contribution in [3.8, 4) is 0 Å². The molecule has 0 aliphatic rings. The van der Waals surface area contributed by atoms with Gasteiger partial charge in [-0.1, -0.05) is 12.1 Å². The van der Waals surface area contributed by atoms with Crippen molar-refractivity contribution in [2.45, 2.75) is 0 Å². The fraction of sp³-hybridized carbons (Fsp3) is 0. The third-order valence-electron chi connectivity index (χ3n) is 1.78. The molecule has 0 saturated carbocycles. The number of aromatic nitrogens is 1. The molecule has 0 atom stereocenters. The summed E-state index contributed by atoms with van der Waals surface area (Å²) in [6.07, 6.45) is 0. The Hall–Kier alpha value is -0.910. The summed E-state index contributed by atoms with van der Waals surface area (Å²) in [5, 5.41) is 1.33. The van der Waals surface area contributed by atoms with Crippen LogP contribution in [0.15, 0.2) is 24.3 Å². The molecule has 0 spiro atoms. The molecule has 2 N–H and O–H groups in total. The van der Waals surface area contributed by atoms with E-state index in [2.05, 4.69) is 4.98 Å². The van der Waals surface area contributed by atoms with Crippen molar-refractivity contribution in [1.82, 2.24) is 4.98 Å². The van der Waals surface area contributed by atoms with Crippen LogP contribution in [0.1, 0.15) is 0 Å². The number of nitrogen functional groups attached to an aromatic ring is 1. The second kappa shape index (κ2) is 3.10. The minimum atomic E-state index is -0.255. The maximum Gasteiger partial charge on any atom is 0.133 e. The Bertz CT molecular complexity index is 470. The molecule has 0 unspecified atom stereocenters. The minimum absolute atomic E-state index is 0.255. The summed E-state index contributed by atoms with van der Waals surface area (Å²) in [5.41, 5.74) is 5.54. The fourth-order valence-corrected chi connectivity index (χ4v) is 2.09. The number of hydrogen-bond donors (Lipinski definition) is 1. The molecular formula is C9H6FIN2. The average molecular weight is 288 g/mol. The van der Waals surface area contributed by atoms with Crippen LogP contribution >= 0.6 is 22.6 Å². The first-order valence-electron chi connectivity index (χ1n) is 3.69. The van der Waals surface area contributed by atoms with E-state index in [0.717, 1.165) is 5.39 Å². The van der Waals surface area contributed by atoms with Crippen LogP contribution < -0.4 is 5.73 Å². The summed E-state index contributed by atoms with van der Waals surface area (Å²) in [4.78, 5) is 3.99. The summed E-state index contributed by atoms with van der Waals surface area (Å²) in [7, 11) is 0. The highest BCUT2D eigenvalue weighted by atomic mass is 127. The Morgan fingerprint density at radius 1 is 1.38 bits per heavy atom. The number of pyridine rings is 1. The van der Waals surface area contributed by atoms with Crippen molar-refractivity contribution in [1.29, 1.82) is 0 Å². The van der Waals surface area contributed by atoms with Crippen LogP contribution in [-0.4, -0.2) is 4.98 Å². The zero-order chi connectivity index (χ0) is 9.42. The lowest BCUT2D eigenvalue weighted by Gasteiger charge is -2.02. The summed E-state index contributed by atoms with van der Waals surface area (Å²) in [5.74, 6) is 0.164. The molecular weight excluding hydrogens is 282 g/mol. The number of halogens is 2. The Morgan fingerprint density at radius 3 is 2.92 bits per heavy atom. The summed E-state index contributed by atoms with van der Waals surface area (Å²) < 4.78 is 13.9. The van der Waals surface area contributed by atoms with Gasteiger partial charge in [-0.2, -0.15) is 0 Å². The molecule has 4 heteroatoms. The number of nitrogens with zero attached hydrogens (tertiary/aromatic N) is 1. The van der Waals surface area contributed by atoms with Crippen molar-refractivity contribution in [3.05, 3.63) is 33.8 Å². The first-order chi connectivity index (χ1) is 6.18. The molecule has 2 rings (SSSR count). The number of hydrogen-bond acceptors (Lipinski definition) is 2. The van der Waals surface area contributed by atoms with E-state index in [1.807, 2.05) is 28.7 Å². The van der Waals surface area contributed by atoms with Crippen LogP contribution in [0.3, 0.4) is 0 Å². The highest BCUT2D eigenvalue weighted by Crippen LogP contribution is 2.23. The van der Waals surface area contributed by atoms with Gasteiger partial charge in [-0.3, -0.25) is 0 Å². The van der Waals surface area contributed by atoms with Gasteiger partial charge >= 0.3 is 0 Å². The van der Waals surface area contributed by atoms with E-state index in [4.69, 9.17) is 5.73 Å². The van der Waals surface area contributed by atoms with Crippen molar-refractivity contribution >= 4 is 39.2 Å². The third-order valence-corrected chi connectivity index (χ3v) is 2.56. The molecule has 0 aliphatic carbocycles. The first kappa shape index (κ1) is 8.68. The van der Waals surface area contributed by atoms with Gasteiger partial charge in [0.15, 0.2) is 0 Å². The normalized spacial score (nSPS) is 10.6. The third kappa shape index (κ3) is 1.46. The monoisotopic (exact) mass is 288 g/mol. The van der Waals surface area contributed by atoms with Gasteiger partial charge in [0.05, 0.1) is 0 Å². The Balaban J connectivity index is 2.94. The molecule has 66 valence electrons. The predicted octanol–water partition coefficient (Wildman–Crippen LogP) is 2.56. The number of anilines is 1. The van der Waals surface area contributed by atoms with Gasteiger partial charge in [0.1, 0.15) is 15.3 Å². The maximum absolute atomic E-state index is 13.3. The van der Waals surface area contributed by atoms with Crippen molar-refractivity contribution in [2.24, 2.45) is 0 Å². The zero-order valence-electron chi connectivity index (χ0n) is 6.59. The summed E-state index contributed by atoms with van der Waals surface area (Å²) >= 11 is 1.98. The number of nitrogens with two attached hydrogens (primary N) is 1. The van der Waals surface area contributed by atoms with Gasteiger partial charge in [-0.15, -0.1) is 0 Å². The van der Waals surface area contributed by atoms with Gasteiger partial charge < -0.3 is 5.73 Å². The molecule has 0 fully saturated rings. The highest BCUT2D eigenvalue weighted by Gasteiger charge is 2.05. The molecule has 1 heterocycles. The zero-order valence-corrected chi connectivity index (χ0v) is 8.75. The smallest absolute Gasteiger partial charge is 0.133 e. The lowest BCUT2D eigenvalue weighted by Crippen LogP contribution is -1.94. The highest BCUT2D eigenvalue weighted by molar-refractivity contribution is 14.1. The molecule has 2 nitrogen and oxygen atoms in total. The van der Waals surface area contributed by atoms with E-state index < -0.39 is 0 Å². The van der Waals surface area contributed by atoms with Crippen molar-refractivity contribution in [3.63, 3.8) is 0 Å². The topological polar surface area (TPSA) is 38.9 Å². The lowest BCUT2D eigenvalue weighted by atomic mass is 10.2. The Morgan fingerprint density at radius 2 is 2.15 bits per heavy atom.